The summed E-state index contributed by atoms with van der Waals surface area (Å²) in [7, 11) is 0. The molecule has 4 rings (SSSR count). The molecule has 1 N–H and O–H groups in total. The maximum atomic E-state index is 4.76. The molecule has 0 saturated carbocycles. The van der Waals surface area contributed by atoms with E-state index in [1.54, 1.807) is 0 Å². The number of pyridine rings is 1. The van der Waals surface area contributed by atoms with Gasteiger partial charge in [-0.1, -0.05) is 66.7 Å². The highest BCUT2D eigenvalue weighted by atomic mass is 35.5. The van der Waals surface area contributed by atoms with Gasteiger partial charge in [0.25, 0.3) is 0 Å². The van der Waals surface area contributed by atoms with Gasteiger partial charge < -0.3 is 9.71 Å². The number of hydrogen-bond donors (Lipinski definition) is 1. The third-order valence-corrected chi connectivity index (χ3v) is 4.71. The molecule has 132 valence electrons. The summed E-state index contributed by atoms with van der Waals surface area (Å²) in [5.74, 6) is 0. The van der Waals surface area contributed by atoms with Crippen molar-refractivity contribution in [3.8, 4) is 0 Å². The van der Waals surface area contributed by atoms with Crippen molar-refractivity contribution in [1.82, 2.24) is 5.23 Å². The van der Waals surface area contributed by atoms with Crippen molar-refractivity contribution in [2.75, 3.05) is 5.34 Å². The fourth-order valence-electron chi connectivity index (χ4n) is 3.75. The van der Waals surface area contributed by atoms with E-state index in [1.807, 2.05) is 0 Å². The number of hydrogen-bond acceptors (Lipinski definition) is 1. The highest BCUT2D eigenvalue weighted by Gasteiger charge is 2.44. The SMILES string of the molecule is CC1=Cc2cccc[n+]2[B-](c2ccccc2)(c2ccccc2)N1.ClCCl. The zero-order chi connectivity index (χ0) is 18.4. The number of nitrogens with one attached hydrogen (secondary N) is 1. The number of halogens is 2. The number of allylic oxidation sites excluding steroid dienone is 1. The minimum atomic E-state index is -1.28. The first-order valence-corrected chi connectivity index (χ1v) is 9.65. The van der Waals surface area contributed by atoms with Crippen LogP contribution in [0.2, 0.25) is 0 Å². The molecule has 0 radical (unpaired) electrons. The molecule has 2 aromatic carbocycles. The van der Waals surface area contributed by atoms with E-state index in [2.05, 4.69) is 108 Å². The van der Waals surface area contributed by atoms with Gasteiger partial charge in [-0.3, -0.25) is 0 Å². The Balaban J connectivity index is 0.000000613. The zero-order valence-electron chi connectivity index (χ0n) is 14.6. The van der Waals surface area contributed by atoms with Gasteiger partial charge in [-0.15, -0.1) is 34.1 Å². The average molecular weight is 383 g/mol. The van der Waals surface area contributed by atoms with Crippen LogP contribution in [0.4, 0.5) is 0 Å². The van der Waals surface area contributed by atoms with Gasteiger partial charge in [0.05, 0.1) is 5.34 Å². The van der Waals surface area contributed by atoms with E-state index in [4.69, 9.17) is 23.2 Å². The second-order valence-corrected chi connectivity index (χ2v) is 7.06. The summed E-state index contributed by atoms with van der Waals surface area (Å²) in [5.41, 5.74) is 4.97. The smallest absolute Gasteiger partial charge is 0.428 e. The lowest BCUT2D eigenvalue weighted by Gasteiger charge is -2.41. The molecule has 0 saturated heterocycles. The average Bonchev–Trinajstić information content (AvgIpc) is 2.69. The Bertz CT molecular complexity index is 843. The first-order valence-electron chi connectivity index (χ1n) is 8.58. The van der Waals surface area contributed by atoms with Crippen LogP contribution in [0.3, 0.4) is 0 Å². The molecule has 0 atom stereocenters. The second-order valence-electron chi connectivity index (χ2n) is 6.25. The maximum Gasteiger partial charge on any atom is 0.428 e. The van der Waals surface area contributed by atoms with Gasteiger partial charge in [0.2, 0.25) is 0 Å². The van der Waals surface area contributed by atoms with Crippen LogP contribution in [0.25, 0.3) is 6.08 Å². The standard InChI is InChI=1S/C20H19BN2.CH2Cl2/c1-17-16-20-14-8-9-15-23(20)21(22-17,18-10-4-2-5-11-18)19-12-6-3-7-13-19;2-1-3/h2-16,22H,1H3;1H2. The summed E-state index contributed by atoms with van der Waals surface area (Å²) in [6, 6.07) is 27.8. The Morgan fingerprint density at radius 1 is 0.808 bits per heavy atom. The van der Waals surface area contributed by atoms with Crippen LogP contribution in [-0.2, 0) is 0 Å². The van der Waals surface area contributed by atoms with E-state index in [0.717, 1.165) is 0 Å². The van der Waals surface area contributed by atoms with Crippen molar-refractivity contribution in [1.29, 1.82) is 0 Å². The van der Waals surface area contributed by atoms with Gasteiger partial charge in [-0.25, -0.2) is 0 Å². The number of alkyl halides is 2. The first-order chi connectivity index (χ1) is 12.7. The molecule has 2 heterocycles. The Morgan fingerprint density at radius 2 is 1.31 bits per heavy atom. The molecule has 2 nitrogen and oxygen atoms in total. The quantitative estimate of drug-likeness (QED) is 0.530. The summed E-state index contributed by atoms with van der Waals surface area (Å²) in [6.07, 6.45) is 3.09. The summed E-state index contributed by atoms with van der Waals surface area (Å²) in [4.78, 5) is 0. The first kappa shape index (κ1) is 18.6. The molecule has 0 bridgehead atoms. The zero-order valence-corrected chi connectivity index (χ0v) is 16.2. The molecule has 0 fully saturated rings. The number of nitrogens with zero attached hydrogens (tertiary/aromatic N) is 1. The van der Waals surface area contributed by atoms with Crippen molar-refractivity contribution >= 4 is 46.6 Å². The predicted octanol–water partition coefficient (Wildman–Crippen LogP) is 3.46. The number of rotatable bonds is 2. The van der Waals surface area contributed by atoms with E-state index in [1.165, 1.54) is 22.3 Å². The van der Waals surface area contributed by atoms with Crippen molar-refractivity contribution in [3.05, 3.63) is 96.5 Å². The third-order valence-electron chi connectivity index (χ3n) is 4.71. The highest BCUT2D eigenvalue weighted by Crippen LogP contribution is 2.12. The molecule has 1 aromatic heterocycles. The maximum absolute atomic E-state index is 4.76. The molecule has 26 heavy (non-hydrogen) atoms. The minimum Gasteiger partial charge on any atom is -0.493 e. The summed E-state index contributed by atoms with van der Waals surface area (Å²) < 4.78 is 2.37. The molecular weight excluding hydrogens is 362 g/mol. The summed E-state index contributed by atoms with van der Waals surface area (Å²) in [5, 5.41) is 4.00. The van der Waals surface area contributed by atoms with Crippen LogP contribution in [-0.4, -0.2) is 11.8 Å². The lowest BCUT2D eigenvalue weighted by atomic mass is 9.36. The van der Waals surface area contributed by atoms with Gasteiger partial charge in [0.15, 0.2) is 5.69 Å². The van der Waals surface area contributed by atoms with Crippen molar-refractivity contribution in [3.63, 3.8) is 0 Å². The normalized spacial score (nSPS) is 14.2. The fraction of sp³-hybridized carbons (Fsp3) is 0.0952. The van der Waals surface area contributed by atoms with Crippen LogP contribution < -0.4 is 20.6 Å². The Labute approximate surface area is 165 Å². The highest BCUT2D eigenvalue weighted by molar-refractivity contribution is 6.94. The predicted molar refractivity (Wildman–Crippen MR) is 113 cm³/mol. The number of benzene rings is 2. The third kappa shape index (κ3) is 3.51. The van der Waals surface area contributed by atoms with Gasteiger partial charge in [-0.2, -0.15) is 0 Å². The molecule has 5 heteroatoms. The molecule has 1 aliphatic rings. The molecule has 0 spiro atoms. The fourth-order valence-corrected chi connectivity index (χ4v) is 3.75. The molecular formula is C21H21BCl2N2. The van der Waals surface area contributed by atoms with E-state index in [0.29, 0.717) is 0 Å². The van der Waals surface area contributed by atoms with Crippen molar-refractivity contribution in [2.24, 2.45) is 0 Å². The van der Waals surface area contributed by atoms with Gasteiger partial charge in [0, 0.05) is 12.1 Å². The minimum absolute atomic E-state index is 0.194. The second kappa shape index (κ2) is 8.44. The van der Waals surface area contributed by atoms with E-state index in [-0.39, 0.29) is 5.34 Å². The van der Waals surface area contributed by atoms with Gasteiger partial charge >= 0.3 is 6.42 Å². The van der Waals surface area contributed by atoms with E-state index in [9.17, 15) is 0 Å². The van der Waals surface area contributed by atoms with Crippen molar-refractivity contribution in [2.45, 2.75) is 6.92 Å². The lowest BCUT2D eigenvalue weighted by Crippen LogP contribution is -2.87. The van der Waals surface area contributed by atoms with Gasteiger partial charge in [0.1, 0.15) is 6.20 Å². The topological polar surface area (TPSA) is 15.9 Å². The number of fused-ring (bicyclic) bond motifs is 1. The van der Waals surface area contributed by atoms with Crippen molar-refractivity contribution < 1.29 is 4.48 Å². The van der Waals surface area contributed by atoms with Crippen LogP contribution in [0, 0.1) is 0 Å². The van der Waals surface area contributed by atoms with Gasteiger partial charge in [-0.05, 0) is 18.7 Å². The molecule has 0 unspecified atom stereocenters. The monoisotopic (exact) mass is 382 g/mol. The van der Waals surface area contributed by atoms with Crippen LogP contribution in [0.5, 0.6) is 0 Å². The summed E-state index contributed by atoms with van der Waals surface area (Å²) in [6.45, 7) is 2.14. The Kier molecular flexibility index (Phi) is 6.02. The largest absolute Gasteiger partial charge is 0.493 e. The summed E-state index contributed by atoms with van der Waals surface area (Å²) >= 11 is 9.53. The van der Waals surface area contributed by atoms with Crippen LogP contribution in [0.15, 0.2) is 90.8 Å². The Hall–Kier alpha value is -2.23. The molecule has 0 amide bonds. The lowest BCUT2D eigenvalue weighted by molar-refractivity contribution is -0.547. The molecule has 0 aliphatic carbocycles. The number of aromatic nitrogens is 1. The molecule has 1 aliphatic heterocycles. The Morgan fingerprint density at radius 3 is 1.85 bits per heavy atom. The van der Waals surface area contributed by atoms with E-state index < -0.39 is 6.42 Å². The van der Waals surface area contributed by atoms with Crippen LogP contribution in [0.1, 0.15) is 12.6 Å². The van der Waals surface area contributed by atoms with Crippen LogP contribution >= 0.6 is 23.2 Å². The molecule has 3 aromatic rings. The van der Waals surface area contributed by atoms with E-state index >= 15 is 0 Å².